The molecule has 3 heterocycles. The number of hydrogen-bond donors (Lipinski definition) is 3. The first-order chi connectivity index (χ1) is 19.0. The van der Waals surface area contributed by atoms with Gasteiger partial charge in [0.2, 0.25) is 5.91 Å². The molecule has 1 aromatic heterocycles. The quantitative estimate of drug-likeness (QED) is 0.210. The van der Waals surface area contributed by atoms with Gasteiger partial charge in [0.1, 0.15) is 11.3 Å². The van der Waals surface area contributed by atoms with Gasteiger partial charge in [0, 0.05) is 37.6 Å². The largest absolute Gasteiger partial charge is 0.384 e. The molecule has 4 rings (SSSR count). The molecule has 2 aliphatic heterocycles. The molecule has 2 spiro atoms. The Labute approximate surface area is 246 Å². The number of nitrogens with two attached hydrogens (primary N) is 1. The van der Waals surface area contributed by atoms with Crippen LogP contribution in [0.25, 0.3) is 0 Å². The average molecular weight is 596 g/mol. The number of alkyl halides is 1. The minimum absolute atomic E-state index is 0.00511. The molecule has 1 amide bonds. The molecule has 5 atom stereocenters. The molecule has 1 saturated carbocycles. The maximum Gasteiger partial charge on any atom is 0.234 e. The summed E-state index contributed by atoms with van der Waals surface area (Å²) in [6.45, 7) is 9.15. The Morgan fingerprint density at radius 3 is 2.67 bits per heavy atom. The highest BCUT2D eigenvalue weighted by molar-refractivity contribution is 6.29. The SMILES string of the molecule is C=C/C=C1\CC(Cl)NC(=O)[C@]12[C@@H](c1ccnc(Cl)c1F)[C@H](C(=O)CCC(CN)COC)NC21CCC(C)(C)CC1. The number of hydrogen-bond acceptors (Lipinski definition) is 6. The number of aromatic nitrogens is 1. The van der Waals surface area contributed by atoms with Crippen LogP contribution in [0.3, 0.4) is 0 Å². The zero-order valence-electron chi connectivity index (χ0n) is 23.6. The number of halogens is 3. The number of allylic oxidation sites excluding steroid dienone is 2. The van der Waals surface area contributed by atoms with E-state index in [0.717, 1.165) is 18.4 Å². The lowest BCUT2D eigenvalue weighted by Crippen LogP contribution is -2.65. The van der Waals surface area contributed by atoms with E-state index in [9.17, 15) is 9.59 Å². The molecule has 220 valence electrons. The van der Waals surface area contributed by atoms with Crippen LogP contribution in [0.5, 0.6) is 0 Å². The molecule has 1 aromatic rings. The summed E-state index contributed by atoms with van der Waals surface area (Å²) in [5, 5.41) is 6.35. The van der Waals surface area contributed by atoms with Gasteiger partial charge in [0.05, 0.1) is 18.1 Å². The second-order valence-electron chi connectivity index (χ2n) is 12.3. The van der Waals surface area contributed by atoms with Crippen LogP contribution in [-0.4, -0.2) is 54.0 Å². The fourth-order valence-electron chi connectivity index (χ4n) is 7.31. The van der Waals surface area contributed by atoms with Crippen molar-refractivity contribution in [3.63, 3.8) is 0 Å². The number of Topliss-reactive ketones (excluding diaryl/α,β-unsaturated/α-hetero) is 1. The molecule has 1 aliphatic carbocycles. The second-order valence-corrected chi connectivity index (χ2v) is 13.2. The molecule has 0 aromatic carbocycles. The van der Waals surface area contributed by atoms with E-state index < -0.39 is 34.2 Å². The van der Waals surface area contributed by atoms with Crippen LogP contribution < -0.4 is 16.4 Å². The molecule has 0 bridgehead atoms. The van der Waals surface area contributed by atoms with Crippen molar-refractivity contribution in [2.45, 2.75) is 81.8 Å². The minimum Gasteiger partial charge on any atom is -0.384 e. The van der Waals surface area contributed by atoms with Crippen molar-refractivity contribution in [1.29, 1.82) is 0 Å². The predicted molar refractivity (Wildman–Crippen MR) is 156 cm³/mol. The van der Waals surface area contributed by atoms with Crippen molar-refractivity contribution in [2.75, 3.05) is 20.3 Å². The number of nitrogens with one attached hydrogen (secondary N) is 2. The summed E-state index contributed by atoms with van der Waals surface area (Å²) in [4.78, 5) is 32.5. The third kappa shape index (κ3) is 5.38. The van der Waals surface area contributed by atoms with Crippen molar-refractivity contribution >= 4 is 34.9 Å². The first kappa shape index (κ1) is 31.1. The summed E-state index contributed by atoms with van der Waals surface area (Å²) in [7, 11) is 1.60. The third-order valence-electron chi connectivity index (χ3n) is 9.41. The number of ketones is 1. The summed E-state index contributed by atoms with van der Waals surface area (Å²) >= 11 is 12.7. The molecule has 7 nitrogen and oxygen atoms in total. The van der Waals surface area contributed by atoms with Gasteiger partial charge in [0.15, 0.2) is 11.0 Å². The van der Waals surface area contributed by atoms with Crippen LogP contribution in [-0.2, 0) is 14.3 Å². The van der Waals surface area contributed by atoms with Gasteiger partial charge in [-0.05, 0) is 67.2 Å². The number of fused-ring (bicyclic) bond motifs is 1. The van der Waals surface area contributed by atoms with Crippen LogP contribution >= 0.6 is 23.2 Å². The van der Waals surface area contributed by atoms with Gasteiger partial charge in [-0.15, -0.1) is 0 Å². The highest BCUT2D eigenvalue weighted by Gasteiger charge is 2.72. The maximum absolute atomic E-state index is 15.9. The lowest BCUT2D eigenvalue weighted by atomic mass is 9.51. The Morgan fingerprint density at radius 2 is 2.05 bits per heavy atom. The Morgan fingerprint density at radius 1 is 1.35 bits per heavy atom. The molecule has 2 saturated heterocycles. The molecule has 2 unspecified atom stereocenters. The molecule has 4 N–H and O–H groups in total. The molecular formula is C30H41Cl2FN4O3. The minimum atomic E-state index is -1.30. The van der Waals surface area contributed by atoms with E-state index in [4.69, 9.17) is 33.7 Å². The van der Waals surface area contributed by atoms with E-state index >= 15 is 4.39 Å². The summed E-state index contributed by atoms with van der Waals surface area (Å²) in [5.41, 5.74) is 4.17. The predicted octanol–water partition coefficient (Wildman–Crippen LogP) is 5.02. The van der Waals surface area contributed by atoms with Gasteiger partial charge in [-0.2, -0.15) is 0 Å². The zero-order valence-corrected chi connectivity index (χ0v) is 25.1. The van der Waals surface area contributed by atoms with E-state index in [-0.39, 0.29) is 40.2 Å². The monoisotopic (exact) mass is 594 g/mol. The standard InChI is InChI=1S/C30H41Cl2FN4O3/c1-5-6-19-15-22(31)36-27(39)30(19)23(20-9-14-35-26(32)24(20)33)25(21(38)8-7-18(16-34)17-40-4)37-29(30)12-10-28(2,3)11-13-29/h5-6,9,14,18,22-23,25,37H,1,7-8,10-13,15-17,34H2,2-4H3,(H,36,39)/b19-6+/t18?,22?,23-,25-,30+/m0/s1. The van der Waals surface area contributed by atoms with Gasteiger partial charge in [-0.3, -0.25) is 14.9 Å². The maximum atomic E-state index is 15.9. The Bertz CT molecular complexity index is 1170. The van der Waals surface area contributed by atoms with Gasteiger partial charge in [0.25, 0.3) is 0 Å². The Hall–Kier alpha value is -1.84. The first-order valence-corrected chi connectivity index (χ1v) is 14.8. The number of rotatable bonds is 9. The van der Waals surface area contributed by atoms with E-state index in [0.29, 0.717) is 38.8 Å². The van der Waals surface area contributed by atoms with Crippen LogP contribution in [0.4, 0.5) is 4.39 Å². The number of pyridine rings is 1. The number of carbonyl (C=O) groups is 2. The Balaban J connectivity index is 1.93. The lowest BCUT2D eigenvalue weighted by Gasteiger charge is -2.55. The van der Waals surface area contributed by atoms with Gasteiger partial charge >= 0.3 is 0 Å². The van der Waals surface area contributed by atoms with Crippen molar-refractivity contribution < 1.29 is 18.7 Å². The number of carbonyl (C=O) groups excluding carboxylic acids is 2. The molecule has 40 heavy (non-hydrogen) atoms. The number of amides is 1. The van der Waals surface area contributed by atoms with E-state index in [1.807, 2.05) is 6.08 Å². The summed E-state index contributed by atoms with van der Waals surface area (Å²) in [6.07, 6.45) is 8.87. The fraction of sp³-hybridized carbons (Fsp3) is 0.633. The third-order valence-corrected chi connectivity index (χ3v) is 9.93. The van der Waals surface area contributed by atoms with Gasteiger partial charge in [-0.25, -0.2) is 9.37 Å². The molecule has 0 radical (unpaired) electrons. The number of nitrogens with zero attached hydrogens (tertiary/aromatic N) is 1. The summed E-state index contributed by atoms with van der Waals surface area (Å²) in [5.74, 6) is -2.02. The topological polar surface area (TPSA) is 106 Å². The van der Waals surface area contributed by atoms with Crippen molar-refractivity contribution in [1.82, 2.24) is 15.6 Å². The highest BCUT2D eigenvalue weighted by Crippen LogP contribution is 2.64. The smallest absolute Gasteiger partial charge is 0.234 e. The number of piperidine rings is 1. The molecule has 3 fully saturated rings. The zero-order chi connectivity index (χ0) is 29.3. The highest BCUT2D eigenvalue weighted by atomic mass is 35.5. The lowest BCUT2D eigenvalue weighted by molar-refractivity contribution is -0.136. The van der Waals surface area contributed by atoms with Crippen molar-refractivity contribution in [3.05, 3.63) is 53.1 Å². The van der Waals surface area contributed by atoms with Gasteiger partial charge < -0.3 is 15.8 Å². The van der Waals surface area contributed by atoms with Crippen LogP contribution in [0.15, 0.2) is 36.6 Å². The van der Waals surface area contributed by atoms with Gasteiger partial charge in [-0.1, -0.05) is 55.8 Å². The number of methoxy groups -OCH3 is 1. The fourth-order valence-corrected chi connectivity index (χ4v) is 7.74. The van der Waals surface area contributed by atoms with Crippen molar-refractivity contribution in [2.24, 2.45) is 22.5 Å². The van der Waals surface area contributed by atoms with Crippen molar-refractivity contribution in [3.8, 4) is 0 Å². The average Bonchev–Trinajstić information content (AvgIpc) is 3.20. The molecule has 3 aliphatic rings. The van der Waals surface area contributed by atoms with Crippen LogP contribution in [0.1, 0.15) is 70.3 Å². The summed E-state index contributed by atoms with van der Waals surface area (Å²) in [6, 6.07) is 0.696. The second kappa shape index (κ2) is 12.2. The molecule has 10 heteroatoms. The Kier molecular flexibility index (Phi) is 9.47. The first-order valence-electron chi connectivity index (χ1n) is 14.0. The molecular weight excluding hydrogens is 554 g/mol. The summed E-state index contributed by atoms with van der Waals surface area (Å²) < 4.78 is 21.2. The normalized spacial score (nSPS) is 30.9. The van der Waals surface area contributed by atoms with E-state index in [1.165, 1.54) is 6.20 Å². The van der Waals surface area contributed by atoms with Crippen LogP contribution in [0, 0.1) is 22.6 Å². The van der Waals surface area contributed by atoms with E-state index in [1.54, 1.807) is 19.3 Å². The van der Waals surface area contributed by atoms with E-state index in [2.05, 4.69) is 36.0 Å². The van der Waals surface area contributed by atoms with Crippen LogP contribution in [0.2, 0.25) is 5.15 Å². The number of ether oxygens (including phenoxy) is 1.